The molecule has 0 bridgehead atoms. The Balaban J connectivity index is 1.37. The second-order valence-electron chi connectivity index (χ2n) is 12.9. The van der Waals surface area contributed by atoms with Crippen LogP contribution in [0.25, 0.3) is 32.7 Å². The molecular weight excluding hydrogens is 571 g/mol. The zero-order valence-corrected chi connectivity index (χ0v) is 27.3. The number of nitrogens with zero attached hydrogens (tertiary/aromatic N) is 1. The Hall–Kier alpha value is -5.60. The van der Waals surface area contributed by atoms with E-state index in [1.165, 1.54) is 49.7 Å². The molecule has 2 nitrogen and oxygen atoms in total. The average molecular weight is 608 g/mol. The number of furan rings is 1. The summed E-state index contributed by atoms with van der Waals surface area (Å²) in [6.07, 6.45) is 0. The molecule has 0 aliphatic carbocycles. The second-order valence-corrected chi connectivity index (χ2v) is 12.9. The molecule has 0 fully saturated rings. The van der Waals surface area contributed by atoms with E-state index in [-0.39, 0.29) is 5.92 Å². The van der Waals surface area contributed by atoms with Gasteiger partial charge in [-0.15, -0.1) is 0 Å². The smallest absolute Gasteiger partial charge is 0.137 e. The van der Waals surface area contributed by atoms with Crippen molar-refractivity contribution in [1.82, 2.24) is 0 Å². The lowest BCUT2D eigenvalue weighted by Gasteiger charge is -2.26. The average Bonchev–Trinajstić information content (AvgIpc) is 3.43. The molecule has 8 rings (SSSR count). The predicted molar refractivity (Wildman–Crippen MR) is 199 cm³/mol. The summed E-state index contributed by atoms with van der Waals surface area (Å²) >= 11 is 0. The van der Waals surface area contributed by atoms with Gasteiger partial charge >= 0.3 is 0 Å². The highest BCUT2D eigenvalue weighted by atomic mass is 16.3. The van der Waals surface area contributed by atoms with E-state index in [0.717, 1.165) is 39.0 Å². The number of hydrogen-bond donors (Lipinski definition) is 0. The molecule has 0 spiro atoms. The highest BCUT2D eigenvalue weighted by molar-refractivity contribution is 6.20. The van der Waals surface area contributed by atoms with E-state index >= 15 is 0 Å². The van der Waals surface area contributed by atoms with Crippen LogP contribution in [-0.2, 0) is 0 Å². The predicted octanol–water partition coefficient (Wildman–Crippen LogP) is 12.6. The van der Waals surface area contributed by atoms with E-state index in [9.17, 15) is 0 Å². The molecule has 7 aromatic carbocycles. The third kappa shape index (κ3) is 5.26. The normalized spacial score (nSPS) is 11.6. The molecule has 0 N–H and O–H groups in total. The third-order valence-electron chi connectivity index (χ3n) is 9.33. The monoisotopic (exact) mass is 607 g/mol. The number of hydrogen-bond acceptors (Lipinski definition) is 2. The Morgan fingerprint density at radius 3 is 1.53 bits per heavy atom. The zero-order chi connectivity index (χ0) is 32.1. The van der Waals surface area contributed by atoms with Gasteiger partial charge in [-0.05, 0) is 109 Å². The van der Waals surface area contributed by atoms with Crippen LogP contribution in [0.4, 0.5) is 17.1 Å². The topological polar surface area (TPSA) is 16.4 Å². The Bertz CT molecular complexity index is 2340. The fraction of sp³-hybridized carbons (Fsp3) is 0.111. The highest BCUT2D eigenvalue weighted by Gasteiger charge is 2.23. The van der Waals surface area contributed by atoms with Crippen molar-refractivity contribution in [3.8, 4) is 0 Å². The van der Waals surface area contributed by atoms with Gasteiger partial charge in [0, 0.05) is 39.8 Å². The van der Waals surface area contributed by atoms with Crippen LogP contribution in [0.5, 0.6) is 0 Å². The van der Waals surface area contributed by atoms with Crippen molar-refractivity contribution in [2.45, 2.75) is 33.6 Å². The van der Waals surface area contributed by atoms with E-state index in [4.69, 9.17) is 4.42 Å². The summed E-state index contributed by atoms with van der Waals surface area (Å²) in [5.41, 5.74) is 13.9. The maximum absolute atomic E-state index is 6.85. The fourth-order valence-corrected chi connectivity index (χ4v) is 7.27. The summed E-state index contributed by atoms with van der Waals surface area (Å²) in [5, 5.41) is 4.75. The van der Waals surface area contributed by atoms with Gasteiger partial charge in [-0.1, -0.05) is 108 Å². The maximum atomic E-state index is 6.85. The lowest BCUT2D eigenvalue weighted by atomic mass is 9.81. The SMILES string of the molecule is Cc1cccc(C(c2cccc(C)c2)c2cc3oc4cc(N(c5cccc(C)c5)c5cccc(C)c5)ccc4c3c3ccccc23)c1. The van der Waals surface area contributed by atoms with Gasteiger partial charge in [-0.2, -0.15) is 0 Å². The first kappa shape index (κ1) is 28.8. The van der Waals surface area contributed by atoms with Crippen LogP contribution >= 0.6 is 0 Å². The molecule has 228 valence electrons. The maximum Gasteiger partial charge on any atom is 0.137 e. The van der Waals surface area contributed by atoms with Gasteiger partial charge in [-0.25, -0.2) is 0 Å². The highest BCUT2D eigenvalue weighted by Crippen LogP contribution is 2.44. The molecule has 0 atom stereocenters. The zero-order valence-electron chi connectivity index (χ0n) is 27.3. The van der Waals surface area contributed by atoms with Crippen molar-refractivity contribution in [3.05, 3.63) is 185 Å². The van der Waals surface area contributed by atoms with Crippen LogP contribution in [0.15, 0.2) is 150 Å². The lowest BCUT2D eigenvalue weighted by Crippen LogP contribution is -2.10. The van der Waals surface area contributed by atoms with Crippen LogP contribution in [-0.4, -0.2) is 0 Å². The quantitative estimate of drug-likeness (QED) is 0.175. The third-order valence-corrected chi connectivity index (χ3v) is 9.33. The number of benzene rings is 7. The standard InChI is InChI=1S/C45H37NO/c1-29-11-7-15-33(23-29)44(34-16-8-12-30(2)24-34)41-28-43-45(39-20-6-5-19-38(39)41)40-22-21-37(27-42(40)47-43)46(35-17-9-13-31(3)25-35)36-18-10-14-32(4)26-36/h5-28,44H,1-4H3. The van der Waals surface area contributed by atoms with Gasteiger partial charge in [0.15, 0.2) is 0 Å². The summed E-state index contributed by atoms with van der Waals surface area (Å²) in [6.45, 7) is 8.63. The van der Waals surface area contributed by atoms with Crippen LogP contribution in [0, 0.1) is 27.7 Å². The Labute approximate surface area is 276 Å². The molecule has 0 saturated heterocycles. The Morgan fingerprint density at radius 1 is 0.426 bits per heavy atom. The largest absolute Gasteiger partial charge is 0.456 e. The Morgan fingerprint density at radius 2 is 0.957 bits per heavy atom. The van der Waals surface area contributed by atoms with Crippen LogP contribution < -0.4 is 4.90 Å². The Kier molecular flexibility index (Phi) is 7.14. The first-order valence-electron chi connectivity index (χ1n) is 16.4. The number of fused-ring (bicyclic) bond motifs is 5. The van der Waals surface area contributed by atoms with Gasteiger partial charge < -0.3 is 9.32 Å². The number of aryl methyl sites for hydroxylation is 4. The van der Waals surface area contributed by atoms with Gasteiger partial charge in [0.1, 0.15) is 11.2 Å². The van der Waals surface area contributed by atoms with Crippen LogP contribution in [0.2, 0.25) is 0 Å². The molecule has 8 aromatic rings. The van der Waals surface area contributed by atoms with Gasteiger partial charge in [0.2, 0.25) is 0 Å². The molecule has 1 aromatic heterocycles. The molecule has 0 radical (unpaired) electrons. The van der Waals surface area contributed by atoms with Crippen molar-refractivity contribution < 1.29 is 4.42 Å². The van der Waals surface area contributed by atoms with Crippen molar-refractivity contribution in [2.24, 2.45) is 0 Å². The van der Waals surface area contributed by atoms with Crippen LogP contribution in [0.1, 0.15) is 44.9 Å². The molecular formula is C45H37NO. The molecule has 0 saturated carbocycles. The van der Waals surface area contributed by atoms with Gasteiger partial charge in [-0.3, -0.25) is 0 Å². The van der Waals surface area contributed by atoms with Gasteiger partial charge in [0.25, 0.3) is 0 Å². The van der Waals surface area contributed by atoms with E-state index in [1.807, 2.05) is 0 Å². The summed E-state index contributed by atoms with van der Waals surface area (Å²) < 4.78 is 6.85. The van der Waals surface area contributed by atoms with Crippen LogP contribution in [0.3, 0.4) is 0 Å². The summed E-state index contributed by atoms with van der Waals surface area (Å²) in [5.74, 6) is 0.0611. The molecule has 0 aliphatic heterocycles. The van der Waals surface area contributed by atoms with Crippen molar-refractivity contribution in [2.75, 3.05) is 4.90 Å². The second kappa shape index (κ2) is 11.6. The first-order chi connectivity index (χ1) is 22.9. The van der Waals surface area contributed by atoms with Crippen molar-refractivity contribution in [1.29, 1.82) is 0 Å². The molecule has 47 heavy (non-hydrogen) atoms. The van der Waals surface area contributed by atoms with E-state index in [1.54, 1.807) is 0 Å². The molecule has 0 aliphatic rings. The summed E-state index contributed by atoms with van der Waals surface area (Å²) in [6, 6.07) is 53.0. The number of anilines is 3. The van der Waals surface area contributed by atoms with Crippen molar-refractivity contribution >= 4 is 49.8 Å². The molecule has 2 heteroatoms. The minimum Gasteiger partial charge on any atom is -0.456 e. The van der Waals surface area contributed by atoms with E-state index in [2.05, 4.69) is 178 Å². The lowest BCUT2D eigenvalue weighted by molar-refractivity contribution is 0.668. The molecule has 1 heterocycles. The van der Waals surface area contributed by atoms with E-state index in [0.29, 0.717) is 0 Å². The first-order valence-corrected chi connectivity index (χ1v) is 16.4. The fourth-order valence-electron chi connectivity index (χ4n) is 7.27. The molecule has 0 unspecified atom stereocenters. The summed E-state index contributed by atoms with van der Waals surface area (Å²) in [7, 11) is 0. The summed E-state index contributed by atoms with van der Waals surface area (Å²) in [4.78, 5) is 2.32. The van der Waals surface area contributed by atoms with E-state index < -0.39 is 0 Å². The molecule has 0 amide bonds. The van der Waals surface area contributed by atoms with Gasteiger partial charge in [0.05, 0.1) is 0 Å². The van der Waals surface area contributed by atoms with Crippen molar-refractivity contribution in [3.63, 3.8) is 0 Å². The minimum atomic E-state index is 0.0611. The number of rotatable bonds is 6. The minimum absolute atomic E-state index is 0.0611.